The maximum absolute atomic E-state index is 13.4. The molecule has 2 saturated heterocycles. The highest BCUT2D eigenvalue weighted by Gasteiger charge is 2.46. The van der Waals surface area contributed by atoms with Crippen LogP contribution < -0.4 is 0 Å². The van der Waals surface area contributed by atoms with Gasteiger partial charge in [0.05, 0.1) is 13.2 Å². The van der Waals surface area contributed by atoms with Gasteiger partial charge in [-0.2, -0.15) is 0 Å². The fourth-order valence-corrected chi connectivity index (χ4v) is 4.37. The Labute approximate surface area is 148 Å². The number of rotatable bonds is 4. The molecule has 1 aromatic carbocycles. The van der Waals surface area contributed by atoms with E-state index >= 15 is 0 Å². The number of morpholine rings is 1. The van der Waals surface area contributed by atoms with Gasteiger partial charge in [0.1, 0.15) is 5.82 Å². The Balaban J connectivity index is 1.31. The topological polar surface area (TPSA) is 32.8 Å². The number of hydrogen-bond donors (Lipinski definition) is 0. The normalized spacial score (nSPS) is 30.3. The van der Waals surface area contributed by atoms with Crippen molar-refractivity contribution in [2.75, 3.05) is 45.9 Å². The summed E-state index contributed by atoms with van der Waals surface area (Å²) in [5, 5.41) is 0. The zero-order chi connectivity index (χ0) is 17.2. The lowest BCUT2D eigenvalue weighted by molar-refractivity contribution is -0.134. The van der Waals surface area contributed by atoms with E-state index in [0.29, 0.717) is 5.92 Å². The van der Waals surface area contributed by atoms with Crippen LogP contribution in [-0.2, 0) is 9.53 Å². The average molecular weight is 346 g/mol. The molecule has 2 aliphatic heterocycles. The van der Waals surface area contributed by atoms with Crippen LogP contribution in [0.3, 0.4) is 0 Å². The van der Waals surface area contributed by atoms with E-state index < -0.39 is 0 Å². The predicted octanol–water partition coefficient (Wildman–Crippen LogP) is 2.50. The van der Waals surface area contributed by atoms with E-state index in [9.17, 15) is 9.18 Å². The van der Waals surface area contributed by atoms with Gasteiger partial charge in [-0.1, -0.05) is 12.1 Å². The molecule has 5 heteroatoms. The number of piperidine rings is 1. The van der Waals surface area contributed by atoms with Crippen molar-refractivity contribution in [1.29, 1.82) is 0 Å². The monoisotopic (exact) mass is 346 g/mol. The number of likely N-dealkylation sites (tertiary alicyclic amines) is 1. The van der Waals surface area contributed by atoms with Crippen molar-refractivity contribution in [3.8, 4) is 0 Å². The fraction of sp³-hybridized carbons (Fsp3) is 0.650. The van der Waals surface area contributed by atoms with Crippen molar-refractivity contribution in [3.63, 3.8) is 0 Å². The number of nitrogens with zero attached hydrogens (tertiary/aromatic N) is 2. The van der Waals surface area contributed by atoms with E-state index in [1.807, 2.05) is 6.07 Å². The Bertz CT molecular complexity index is 617. The lowest BCUT2D eigenvalue weighted by Gasteiger charge is -2.37. The van der Waals surface area contributed by atoms with Crippen LogP contribution >= 0.6 is 0 Å². The minimum Gasteiger partial charge on any atom is -0.379 e. The molecule has 0 bridgehead atoms. The minimum absolute atomic E-state index is 0.0592. The third-order valence-electron chi connectivity index (χ3n) is 5.84. The summed E-state index contributed by atoms with van der Waals surface area (Å²) in [6, 6.07) is 6.72. The van der Waals surface area contributed by atoms with Crippen molar-refractivity contribution in [1.82, 2.24) is 9.80 Å². The second-order valence-electron chi connectivity index (χ2n) is 7.71. The number of hydrogen-bond acceptors (Lipinski definition) is 3. The van der Waals surface area contributed by atoms with Crippen molar-refractivity contribution in [3.05, 3.63) is 35.6 Å². The predicted molar refractivity (Wildman–Crippen MR) is 93.8 cm³/mol. The molecule has 1 saturated carbocycles. The molecule has 0 N–H and O–H groups in total. The SMILES string of the molecule is O=C([C@@H]1C[C@H]1c1cccc(F)c1)N1CCC[C@@H](CN2CCOCC2)C1. The van der Waals surface area contributed by atoms with Gasteiger partial charge in [-0.15, -0.1) is 0 Å². The summed E-state index contributed by atoms with van der Waals surface area (Å²) in [5.41, 5.74) is 0.972. The third-order valence-corrected chi connectivity index (χ3v) is 5.84. The summed E-state index contributed by atoms with van der Waals surface area (Å²) in [4.78, 5) is 17.4. The molecule has 4 rings (SSSR count). The smallest absolute Gasteiger partial charge is 0.226 e. The molecule has 3 atom stereocenters. The van der Waals surface area contributed by atoms with E-state index in [1.54, 1.807) is 12.1 Å². The van der Waals surface area contributed by atoms with Gasteiger partial charge in [0.2, 0.25) is 5.91 Å². The first-order valence-electron chi connectivity index (χ1n) is 9.55. The van der Waals surface area contributed by atoms with Gasteiger partial charge in [-0.05, 0) is 48.8 Å². The van der Waals surface area contributed by atoms with Crippen LogP contribution in [-0.4, -0.2) is 61.6 Å². The van der Waals surface area contributed by atoms with Crippen molar-refractivity contribution in [2.45, 2.75) is 25.2 Å². The molecule has 0 aromatic heterocycles. The number of halogens is 1. The maximum Gasteiger partial charge on any atom is 0.226 e. The van der Waals surface area contributed by atoms with E-state index in [1.165, 1.54) is 12.5 Å². The van der Waals surface area contributed by atoms with Crippen molar-refractivity contribution in [2.24, 2.45) is 11.8 Å². The summed E-state index contributed by atoms with van der Waals surface area (Å²) in [6.45, 7) is 6.50. The molecule has 0 unspecified atom stereocenters. The maximum atomic E-state index is 13.4. The highest BCUT2D eigenvalue weighted by Crippen LogP contribution is 2.48. The number of carbonyl (C=O) groups excluding carboxylic acids is 1. The molecule has 4 nitrogen and oxygen atoms in total. The quantitative estimate of drug-likeness (QED) is 0.840. The Morgan fingerprint density at radius 3 is 2.88 bits per heavy atom. The molecule has 0 spiro atoms. The van der Waals surface area contributed by atoms with Gasteiger partial charge in [-0.3, -0.25) is 9.69 Å². The summed E-state index contributed by atoms with van der Waals surface area (Å²) < 4.78 is 18.8. The highest BCUT2D eigenvalue weighted by molar-refractivity contribution is 5.83. The van der Waals surface area contributed by atoms with Crippen LogP contribution in [0.4, 0.5) is 4.39 Å². The number of carbonyl (C=O) groups is 1. The van der Waals surface area contributed by atoms with Gasteiger partial charge in [0.25, 0.3) is 0 Å². The van der Waals surface area contributed by atoms with Gasteiger partial charge in [0.15, 0.2) is 0 Å². The van der Waals surface area contributed by atoms with Crippen LogP contribution in [0.5, 0.6) is 0 Å². The molecule has 3 aliphatic rings. The van der Waals surface area contributed by atoms with Crippen molar-refractivity contribution >= 4 is 5.91 Å². The van der Waals surface area contributed by atoms with Crippen LogP contribution in [0.2, 0.25) is 0 Å². The molecule has 0 radical (unpaired) electrons. The molecule has 25 heavy (non-hydrogen) atoms. The Morgan fingerprint density at radius 2 is 2.08 bits per heavy atom. The first-order valence-corrected chi connectivity index (χ1v) is 9.55. The largest absolute Gasteiger partial charge is 0.379 e. The highest BCUT2D eigenvalue weighted by atomic mass is 19.1. The zero-order valence-electron chi connectivity index (χ0n) is 14.7. The Kier molecular flexibility index (Phi) is 5.04. The third kappa shape index (κ3) is 4.04. The summed E-state index contributed by atoms with van der Waals surface area (Å²) in [6.07, 6.45) is 3.17. The van der Waals surface area contributed by atoms with Crippen LogP contribution in [0, 0.1) is 17.7 Å². The molecule has 3 fully saturated rings. The Morgan fingerprint density at radius 1 is 1.24 bits per heavy atom. The average Bonchev–Trinajstić information content (AvgIpc) is 3.43. The van der Waals surface area contributed by atoms with Crippen LogP contribution in [0.15, 0.2) is 24.3 Å². The van der Waals surface area contributed by atoms with E-state index in [4.69, 9.17) is 4.74 Å². The zero-order valence-corrected chi connectivity index (χ0v) is 14.7. The fourth-order valence-electron chi connectivity index (χ4n) is 4.37. The first-order chi connectivity index (χ1) is 12.2. The summed E-state index contributed by atoms with van der Waals surface area (Å²) >= 11 is 0. The molecule has 136 valence electrons. The van der Waals surface area contributed by atoms with E-state index in [-0.39, 0.29) is 23.6 Å². The lowest BCUT2D eigenvalue weighted by Crippen LogP contribution is -2.46. The van der Waals surface area contributed by atoms with E-state index in [0.717, 1.165) is 64.3 Å². The molecule has 2 heterocycles. The van der Waals surface area contributed by atoms with Gasteiger partial charge in [0, 0.05) is 38.6 Å². The first kappa shape index (κ1) is 17.0. The van der Waals surface area contributed by atoms with Gasteiger partial charge < -0.3 is 9.64 Å². The molecule has 1 amide bonds. The van der Waals surface area contributed by atoms with Gasteiger partial charge in [-0.25, -0.2) is 4.39 Å². The van der Waals surface area contributed by atoms with Gasteiger partial charge >= 0.3 is 0 Å². The number of ether oxygens (including phenoxy) is 1. The standard InChI is InChI=1S/C20H27FN2O2/c21-17-5-1-4-16(11-17)18-12-19(18)20(24)23-6-2-3-15(14-23)13-22-7-9-25-10-8-22/h1,4-5,11,15,18-19H,2-3,6-10,12-14H2/t15-,18-,19+/m0/s1. The molecular weight excluding hydrogens is 319 g/mol. The Hall–Kier alpha value is -1.46. The minimum atomic E-state index is -0.209. The summed E-state index contributed by atoms with van der Waals surface area (Å²) in [7, 11) is 0. The summed E-state index contributed by atoms with van der Waals surface area (Å²) in [5.74, 6) is 0.911. The number of amides is 1. The molecule has 1 aliphatic carbocycles. The van der Waals surface area contributed by atoms with Crippen molar-refractivity contribution < 1.29 is 13.9 Å². The second kappa shape index (κ2) is 7.42. The second-order valence-corrected chi connectivity index (χ2v) is 7.71. The number of benzene rings is 1. The van der Waals surface area contributed by atoms with Crippen LogP contribution in [0.1, 0.15) is 30.7 Å². The lowest BCUT2D eigenvalue weighted by atomic mass is 9.96. The molecular formula is C20H27FN2O2. The van der Waals surface area contributed by atoms with E-state index in [2.05, 4.69) is 9.80 Å². The van der Waals surface area contributed by atoms with Crippen LogP contribution in [0.25, 0.3) is 0 Å². The molecule has 1 aromatic rings.